The number of nitro groups is 1. The van der Waals surface area contributed by atoms with Gasteiger partial charge in [-0.2, -0.15) is 5.10 Å². The summed E-state index contributed by atoms with van der Waals surface area (Å²) in [6, 6.07) is 12.0. The lowest BCUT2D eigenvalue weighted by molar-refractivity contribution is -0.384. The molecule has 0 bridgehead atoms. The maximum Gasteiger partial charge on any atom is 0.356 e. The number of hydrogen-bond acceptors (Lipinski definition) is 4. The Labute approximate surface area is 156 Å². The van der Waals surface area contributed by atoms with Crippen molar-refractivity contribution in [1.29, 1.82) is 0 Å². The minimum absolute atomic E-state index is 0.0138. The summed E-state index contributed by atoms with van der Waals surface area (Å²) in [5.41, 5.74) is 3.46. The van der Waals surface area contributed by atoms with Crippen LogP contribution < -0.4 is 0 Å². The van der Waals surface area contributed by atoms with Gasteiger partial charge in [0, 0.05) is 27.7 Å². The Bertz CT molecular complexity index is 1060. The third-order valence-corrected chi connectivity index (χ3v) is 4.99. The number of aromatic carboxylic acids is 1. The lowest BCUT2D eigenvalue weighted by atomic mass is 9.88. The normalized spacial score (nSPS) is 12.3. The predicted octanol–water partition coefficient (Wildman–Crippen LogP) is 4.01. The number of halogens is 1. The second kappa shape index (κ2) is 6.06. The topological polar surface area (TPSA) is 98.3 Å². The molecule has 0 fully saturated rings. The number of carboxylic acids is 1. The minimum Gasteiger partial charge on any atom is -0.476 e. The van der Waals surface area contributed by atoms with Crippen LogP contribution in [-0.4, -0.2) is 25.8 Å². The van der Waals surface area contributed by atoms with Gasteiger partial charge in [-0.25, -0.2) is 9.48 Å². The molecule has 8 heteroatoms. The van der Waals surface area contributed by atoms with E-state index < -0.39 is 10.9 Å². The first-order valence-corrected chi connectivity index (χ1v) is 8.64. The maximum absolute atomic E-state index is 11.7. The van der Waals surface area contributed by atoms with Crippen molar-refractivity contribution in [2.45, 2.75) is 12.8 Å². The van der Waals surface area contributed by atoms with Crippen LogP contribution in [0.15, 0.2) is 46.9 Å². The second-order valence-corrected chi connectivity index (χ2v) is 6.88. The molecule has 1 aliphatic carbocycles. The summed E-state index contributed by atoms with van der Waals surface area (Å²) in [5.74, 6) is -1.11. The van der Waals surface area contributed by atoms with E-state index >= 15 is 0 Å². The Morgan fingerprint density at radius 1 is 1.19 bits per heavy atom. The fourth-order valence-electron chi connectivity index (χ4n) is 3.28. The Morgan fingerprint density at radius 2 is 1.92 bits per heavy atom. The number of carboxylic acid groups (broad SMARTS) is 1. The van der Waals surface area contributed by atoms with Gasteiger partial charge < -0.3 is 5.11 Å². The van der Waals surface area contributed by atoms with Crippen LogP contribution in [0.25, 0.3) is 16.9 Å². The van der Waals surface area contributed by atoms with Crippen molar-refractivity contribution in [1.82, 2.24) is 9.78 Å². The number of rotatable bonds is 3. The van der Waals surface area contributed by atoms with Crippen molar-refractivity contribution in [3.8, 4) is 16.9 Å². The van der Waals surface area contributed by atoms with Crippen LogP contribution in [0.4, 0.5) is 5.69 Å². The zero-order chi connectivity index (χ0) is 18.4. The van der Waals surface area contributed by atoms with Gasteiger partial charge in [-0.3, -0.25) is 10.1 Å². The average molecular weight is 414 g/mol. The van der Waals surface area contributed by atoms with Crippen molar-refractivity contribution >= 4 is 27.6 Å². The molecule has 7 nitrogen and oxygen atoms in total. The molecule has 0 spiro atoms. The van der Waals surface area contributed by atoms with E-state index in [1.165, 1.54) is 12.1 Å². The van der Waals surface area contributed by atoms with E-state index in [0.717, 1.165) is 10.0 Å². The van der Waals surface area contributed by atoms with E-state index in [1.54, 1.807) is 10.7 Å². The number of nitrogens with zero attached hydrogens (tertiary/aromatic N) is 3. The lowest BCUT2D eigenvalue weighted by Crippen LogP contribution is -2.09. The molecule has 1 aliphatic rings. The average Bonchev–Trinajstić information content (AvgIpc) is 3.02. The van der Waals surface area contributed by atoms with Crippen LogP contribution in [0.5, 0.6) is 0 Å². The first kappa shape index (κ1) is 16.5. The molecule has 1 aromatic heterocycles. The summed E-state index contributed by atoms with van der Waals surface area (Å²) in [5, 5.41) is 25.0. The molecular weight excluding hydrogens is 402 g/mol. The lowest BCUT2D eigenvalue weighted by Gasteiger charge is -2.18. The molecule has 0 saturated carbocycles. The molecule has 1 N–H and O–H groups in total. The zero-order valence-electron chi connectivity index (χ0n) is 13.3. The summed E-state index contributed by atoms with van der Waals surface area (Å²) in [4.78, 5) is 22.4. The van der Waals surface area contributed by atoms with Crippen LogP contribution in [-0.2, 0) is 12.8 Å². The van der Waals surface area contributed by atoms with Gasteiger partial charge in [0.2, 0.25) is 0 Å². The van der Waals surface area contributed by atoms with Gasteiger partial charge in [-0.15, -0.1) is 0 Å². The molecule has 0 unspecified atom stereocenters. The molecule has 130 valence electrons. The van der Waals surface area contributed by atoms with Crippen LogP contribution in [0.1, 0.15) is 21.6 Å². The molecule has 0 radical (unpaired) electrons. The van der Waals surface area contributed by atoms with E-state index in [0.29, 0.717) is 35.3 Å². The maximum atomic E-state index is 11.7. The molecule has 3 aromatic rings. The molecular formula is C18H12BrN3O4. The van der Waals surface area contributed by atoms with E-state index in [-0.39, 0.29) is 11.4 Å². The number of aryl methyl sites for hydroxylation is 1. The summed E-state index contributed by atoms with van der Waals surface area (Å²) in [6.45, 7) is 0. The van der Waals surface area contributed by atoms with Crippen LogP contribution in [0, 0.1) is 10.1 Å². The molecule has 0 saturated heterocycles. The van der Waals surface area contributed by atoms with Gasteiger partial charge in [0.05, 0.1) is 16.3 Å². The van der Waals surface area contributed by atoms with E-state index in [2.05, 4.69) is 21.0 Å². The predicted molar refractivity (Wildman–Crippen MR) is 97.7 cm³/mol. The molecule has 0 atom stereocenters. The summed E-state index contributed by atoms with van der Waals surface area (Å²) in [7, 11) is 0. The third kappa shape index (κ3) is 2.59. The number of aromatic nitrogens is 2. The van der Waals surface area contributed by atoms with E-state index in [9.17, 15) is 20.0 Å². The molecule has 0 amide bonds. The Kier molecular flexibility index (Phi) is 3.84. The second-order valence-electron chi connectivity index (χ2n) is 5.97. The van der Waals surface area contributed by atoms with Gasteiger partial charge in [-0.1, -0.05) is 22.0 Å². The van der Waals surface area contributed by atoms with Gasteiger partial charge in [-0.05, 0) is 42.7 Å². The van der Waals surface area contributed by atoms with E-state index in [4.69, 9.17) is 0 Å². The molecule has 26 heavy (non-hydrogen) atoms. The fourth-order valence-corrected chi connectivity index (χ4v) is 3.55. The SMILES string of the molecule is O=C(O)c1nn(-c2ccc(Br)cc2)c2c1CCc1ccc([N+](=O)[O-])cc1-2. The quantitative estimate of drug-likeness (QED) is 0.516. The van der Waals surface area contributed by atoms with Crippen molar-refractivity contribution in [2.24, 2.45) is 0 Å². The van der Waals surface area contributed by atoms with Gasteiger partial charge >= 0.3 is 5.97 Å². The fraction of sp³-hybridized carbons (Fsp3) is 0.111. The number of benzene rings is 2. The standard InChI is InChI=1S/C18H12BrN3O4/c19-11-3-6-12(7-4-11)21-17-14(16(20-21)18(23)24)8-2-10-1-5-13(22(25)26)9-15(10)17/h1,3-7,9H,2,8H2,(H,23,24). The van der Waals surface area contributed by atoms with Crippen LogP contribution in [0.3, 0.4) is 0 Å². The number of non-ortho nitro benzene ring substituents is 1. The largest absolute Gasteiger partial charge is 0.476 e. The molecule has 1 heterocycles. The highest BCUT2D eigenvalue weighted by Gasteiger charge is 2.29. The van der Waals surface area contributed by atoms with Crippen molar-refractivity contribution < 1.29 is 14.8 Å². The van der Waals surface area contributed by atoms with Crippen molar-refractivity contribution in [3.63, 3.8) is 0 Å². The van der Waals surface area contributed by atoms with Gasteiger partial charge in [0.1, 0.15) is 0 Å². The zero-order valence-corrected chi connectivity index (χ0v) is 14.9. The van der Waals surface area contributed by atoms with Crippen LogP contribution >= 0.6 is 15.9 Å². The number of nitro benzene ring substituents is 1. The first-order chi connectivity index (χ1) is 12.5. The summed E-state index contributed by atoms with van der Waals surface area (Å²) >= 11 is 3.37. The number of fused-ring (bicyclic) bond motifs is 3. The molecule has 2 aromatic carbocycles. The van der Waals surface area contributed by atoms with Gasteiger partial charge in [0.15, 0.2) is 5.69 Å². The summed E-state index contributed by atoms with van der Waals surface area (Å²) < 4.78 is 2.45. The number of carbonyl (C=O) groups is 1. The number of hydrogen-bond donors (Lipinski definition) is 1. The van der Waals surface area contributed by atoms with Crippen LogP contribution in [0.2, 0.25) is 0 Å². The first-order valence-electron chi connectivity index (χ1n) is 7.84. The Hall–Kier alpha value is -3.00. The third-order valence-electron chi connectivity index (χ3n) is 4.46. The highest BCUT2D eigenvalue weighted by atomic mass is 79.9. The van der Waals surface area contributed by atoms with Gasteiger partial charge in [0.25, 0.3) is 5.69 Å². The highest BCUT2D eigenvalue weighted by Crippen LogP contribution is 2.38. The monoisotopic (exact) mass is 413 g/mol. The van der Waals surface area contributed by atoms with Crippen molar-refractivity contribution in [2.75, 3.05) is 0 Å². The molecule has 0 aliphatic heterocycles. The Morgan fingerprint density at radius 3 is 2.58 bits per heavy atom. The Balaban J connectivity index is 2.01. The van der Waals surface area contributed by atoms with E-state index in [1.807, 2.05) is 24.3 Å². The smallest absolute Gasteiger partial charge is 0.356 e. The van der Waals surface area contributed by atoms with Crippen molar-refractivity contribution in [3.05, 3.63) is 73.9 Å². The summed E-state index contributed by atoms with van der Waals surface area (Å²) in [6.07, 6.45) is 1.14. The molecule has 4 rings (SSSR count). The highest BCUT2D eigenvalue weighted by molar-refractivity contribution is 9.10. The minimum atomic E-state index is -1.11.